The number of aromatic carboxylic acids is 1. The molecule has 5 rings (SSSR count). The number of alkyl halides is 3. The molecule has 0 bridgehead atoms. The summed E-state index contributed by atoms with van der Waals surface area (Å²) in [5.41, 5.74) is -1.29. The van der Waals surface area contributed by atoms with Crippen LogP contribution in [-0.2, 0) is 28.0 Å². The Kier molecular flexibility index (Phi) is 6.88. The summed E-state index contributed by atoms with van der Waals surface area (Å²) in [6.07, 6.45) is 0.0554. The van der Waals surface area contributed by atoms with E-state index in [1.165, 1.54) is 24.4 Å². The Labute approximate surface area is 230 Å². The van der Waals surface area contributed by atoms with E-state index in [-0.39, 0.29) is 32.8 Å². The Balaban J connectivity index is 1.55. The van der Waals surface area contributed by atoms with Crippen LogP contribution in [-0.4, -0.2) is 45.8 Å². The lowest BCUT2D eigenvalue weighted by molar-refractivity contribution is -0.137. The fraction of sp³-hybridized carbons (Fsp3) is 0.231. The van der Waals surface area contributed by atoms with E-state index in [1.54, 1.807) is 12.1 Å². The topological polar surface area (TPSA) is 142 Å². The Hall–Kier alpha value is -3.88. The lowest BCUT2D eigenvalue weighted by Crippen LogP contribution is -2.32. The highest BCUT2D eigenvalue weighted by Crippen LogP contribution is 2.44. The van der Waals surface area contributed by atoms with Crippen molar-refractivity contribution in [3.63, 3.8) is 0 Å². The van der Waals surface area contributed by atoms with Gasteiger partial charge in [0.1, 0.15) is 22.2 Å². The molecule has 0 aliphatic heterocycles. The van der Waals surface area contributed by atoms with Crippen LogP contribution in [0.1, 0.15) is 44.9 Å². The number of halogens is 3. The molecule has 9 nitrogen and oxygen atoms in total. The van der Waals surface area contributed by atoms with Crippen LogP contribution in [0.3, 0.4) is 0 Å². The third kappa shape index (κ3) is 5.29. The highest BCUT2D eigenvalue weighted by molar-refractivity contribution is 7.90. The first kappa shape index (κ1) is 27.7. The number of carboxylic acids is 1. The monoisotopic (exact) mass is 590 g/mol. The van der Waals surface area contributed by atoms with Gasteiger partial charge in [-0.2, -0.15) is 13.2 Å². The van der Waals surface area contributed by atoms with Crippen LogP contribution in [0.5, 0.6) is 0 Å². The van der Waals surface area contributed by atoms with Crippen LogP contribution >= 0.6 is 11.3 Å². The van der Waals surface area contributed by atoms with Gasteiger partial charge in [-0.1, -0.05) is 12.1 Å². The molecule has 0 saturated carbocycles. The number of aliphatic hydroxyl groups is 1. The van der Waals surface area contributed by atoms with E-state index in [2.05, 4.69) is 20.3 Å². The normalized spacial score (nSPS) is 17.3. The van der Waals surface area contributed by atoms with E-state index in [0.29, 0.717) is 35.3 Å². The van der Waals surface area contributed by atoms with E-state index in [0.717, 1.165) is 35.9 Å². The molecule has 14 heteroatoms. The molecule has 1 aliphatic carbocycles. The molecule has 0 spiro atoms. The molecular weight excluding hydrogens is 569 g/mol. The second-order valence-electron chi connectivity index (χ2n) is 9.28. The van der Waals surface area contributed by atoms with Crippen LogP contribution in [0, 0.1) is 0 Å². The molecule has 208 valence electrons. The van der Waals surface area contributed by atoms with Crippen LogP contribution in [0.2, 0.25) is 0 Å². The number of nitrogens with zero attached hydrogens (tertiary/aromatic N) is 3. The zero-order chi connectivity index (χ0) is 28.9. The summed E-state index contributed by atoms with van der Waals surface area (Å²) in [4.78, 5) is 24.6. The molecule has 1 unspecified atom stereocenters. The summed E-state index contributed by atoms with van der Waals surface area (Å²) in [5.74, 6) is -1.35. The summed E-state index contributed by atoms with van der Waals surface area (Å²) in [5, 5.41) is 24.2. The van der Waals surface area contributed by atoms with Crippen LogP contribution in [0.4, 0.5) is 24.8 Å². The van der Waals surface area contributed by atoms with Gasteiger partial charge in [-0.05, 0) is 60.7 Å². The van der Waals surface area contributed by atoms with Crippen molar-refractivity contribution < 1.29 is 36.6 Å². The first-order valence-electron chi connectivity index (χ1n) is 11.8. The van der Waals surface area contributed by atoms with Crippen molar-refractivity contribution in [2.45, 2.75) is 35.9 Å². The van der Waals surface area contributed by atoms with Crippen molar-refractivity contribution in [3.8, 4) is 10.6 Å². The number of sulfone groups is 1. The van der Waals surface area contributed by atoms with Gasteiger partial charge in [0.05, 0.1) is 26.6 Å². The fourth-order valence-corrected chi connectivity index (χ4v) is 6.28. The van der Waals surface area contributed by atoms with E-state index >= 15 is 0 Å². The number of carboxylic acid groups (broad SMARTS) is 1. The minimum Gasteiger partial charge on any atom is -0.478 e. The van der Waals surface area contributed by atoms with Crippen molar-refractivity contribution in [2.75, 3.05) is 11.6 Å². The molecule has 4 aromatic rings. The first-order chi connectivity index (χ1) is 18.8. The van der Waals surface area contributed by atoms with Gasteiger partial charge in [0.15, 0.2) is 9.84 Å². The number of benzene rings is 1. The van der Waals surface area contributed by atoms with Crippen LogP contribution in [0.15, 0.2) is 59.8 Å². The SMILES string of the molecule is CS(=O)(=O)c1cc(Nc2cc(C(F)(F)F)ccn2)nc(-c2cnc(C3(O)CCCc4c(C(=O)O)cccc43)s2)c1. The molecular formula is C26H21F3N4O5S2. The van der Waals surface area contributed by atoms with Gasteiger partial charge in [0, 0.05) is 18.6 Å². The number of hydrogen-bond donors (Lipinski definition) is 3. The Morgan fingerprint density at radius 3 is 2.60 bits per heavy atom. The highest BCUT2D eigenvalue weighted by atomic mass is 32.2. The number of rotatable bonds is 6. The highest BCUT2D eigenvalue weighted by Gasteiger charge is 2.40. The molecule has 3 aromatic heterocycles. The van der Waals surface area contributed by atoms with Crippen LogP contribution in [0.25, 0.3) is 10.6 Å². The summed E-state index contributed by atoms with van der Waals surface area (Å²) < 4.78 is 64.3. The van der Waals surface area contributed by atoms with E-state index < -0.39 is 33.1 Å². The number of carbonyl (C=O) groups is 1. The van der Waals surface area contributed by atoms with Crippen molar-refractivity contribution in [2.24, 2.45) is 0 Å². The number of pyridine rings is 2. The quantitative estimate of drug-likeness (QED) is 0.282. The second kappa shape index (κ2) is 9.94. The summed E-state index contributed by atoms with van der Waals surface area (Å²) in [6.45, 7) is 0. The molecule has 3 heterocycles. The smallest absolute Gasteiger partial charge is 0.416 e. The lowest BCUT2D eigenvalue weighted by Gasteiger charge is -2.33. The maximum absolute atomic E-state index is 13.1. The molecule has 1 aromatic carbocycles. The predicted octanol–water partition coefficient (Wildman–Crippen LogP) is 5.04. The number of nitrogens with one attached hydrogen (secondary N) is 1. The molecule has 0 radical (unpaired) electrons. The van der Waals surface area contributed by atoms with Crippen LogP contribution < -0.4 is 5.32 Å². The van der Waals surface area contributed by atoms with Crippen molar-refractivity contribution >= 4 is 38.8 Å². The zero-order valence-corrected chi connectivity index (χ0v) is 22.4. The van der Waals surface area contributed by atoms with Gasteiger partial charge >= 0.3 is 12.1 Å². The molecule has 0 fully saturated rings. The summed E-state index contributed by atoms with van der Waals surface area (Å²) in [6, 6.07) is 8.77. The minimum atomic E-state index is -4.60. The molecule has 3 N–H and O–H groups in total. The Morgan fingerprint density at radius 2 is 1.90 bits per heavy atom. The number of aromatic nitrogens is 3. The van der Waals surface area contributed by atoms with Gasteiger partial charge < -0.3 is 15.5 Å². The van der Waals surface area contributed by atoms with Crippen molar-refractivity contribution in [1.29, 1.82) is 0 Å². The minimum absolute atomic E-state index is 0.0625. The van der Waals surface area contributed by atoms with E-state index in [4.69, 9.17) is 0 Å². The maximum Gasteiger partial charge on any atom is 0.416 e. The van der Waals surface area contributed by atoms with Crippen molar-refractivity contribution in [3.05, 3.63) is 82.1 Å². The number of fused-ring (bicyclic) bond motifs is 1. The molecule has 0 amide bonds. The first-order valence-corrected chi connectivity index (χ1v) is 14.5. The standard InChI is InChI=1S/C26H21F3N4O5S2/c1-40(37,38)15-11-19(32-22(12-15)33-21-10-14(7-9-30-21)26(27,28)29)20-13-31-24(39-20)25(36)8-3-5-16-17(23(34)35)4-2-6-18(16)25/h2,4,6-7,9-13,36H,3,5,8H2,1H3,(H,34,35)(H,30,32,33). The number of hydrogen-bond acceptors (Lipinski definition) is 9. The number of anilines is 2. The molecule has 0 saturated heterocycles. The third-order valence-corrected chi connectivity index (χ3v) is 8.76. The van der Waals surface area contributed by atoms with Gasteiger partial charge in [0.25, 0.3) is 0 Å². The van der Waals surface area contributed by atoms with Gasteiger partial charge in [-0.15, -0.1) is 11.3 Å². The Bertz CT molecular complexity index is 1740. The third-order valence-electron chi connectivity index (χ3n) is 6.50. The van der Waals surface area contributed by atoms with Crippen molar-refractivity contribution in [1.82, 2.24) is 15.0 Å². The molecule has 1 aliphatic rings. The van der Waals surface area contributed by atoms with E-state index in [1.807, 2.05) is 0 Å². The predicted molar refractivity (Wildman–Crippen MR) is 140 cm³/mol. The zero-order valence-electron chi connectivity index (χ0n) is 20.7. The number of thiazole rings is 1. The van der Waals surface area contributed by atoms with Gasteiger partial charge in [0.2, 0.25) is 0 Å². The fourth-order valence-electron chi connectivity index (χ4n) is 4.62. The largest absolute Gasteiger partial charge is 0.478 e. The summed E-state index contributed by atoms with van der Waals surface area (Å²) in [7, 11) is -3.76. The second-order valence-corrected chi connectivity index (χ2v) is 12.3. The average Bonchev–Trinajstić information content (AvgIpc) is 3.39. The molecule has 40 heavy (non-hydrogen) atoms. The van der Waals surface area contributed by atoms with E-state index in [9.17, 15) is 36.6 Å². The molecule has 1 atom stereocenters. The maximum atomic E-state index is 13.1. The lowest BCUT2D eigenvalue weighted by atomic mass is 9.77. The Morgan fingerprint density at radius 1 is 1.12 bits per heavy atom. The summed E-state index contributed by atoms with van der Waals surface area (Å²) >= 11 is 1.05. The van der Waals surface area contributed by atoms with Gasteiger partial charge in [-0.3, -0.25) is 0 Å². The average molecular weight is 591 g/mol. The van der Waals surface area contributed by atoms with Gasteiger partial charge in [-0.25, -0.2) is 28.2 Å².